The second kappa shape index (κ2) is 15.3. The topological polar surface area (TPSA) is 131 Å². The number of carbonyl (C=O) groups is 1. The van der Waals surface area contributed by atoms with Gasteiger partial charge in [0.25, 0.3) is 0 Å². The van der Waals surface area contributed by atoms with Crippen molar-refractivity contribution in [2.45, 2.75) is 108 Å². The summed E-state index contributed by atoms with van der Waals surface area (Å²) in [5.74, 6) is -2.74. The van der Waals surface area contributed by atoms with E-state index in [2.05, 4.69) is 11.6 Å². The van der Waals surface area contributed by atoms with Crippen LogP contribution in [0.5, 0.6) is 0 Å². The van der Waals surface area contributed by atoms with Gasteiger partial charge in [0.15, 0.2) is 5.79 Å². The molecule has 1 aromatic rings. The van der Waals surface area contributed by atoms with Crippen molar-refractivity contribution in [3.8, 4) is 0 Å². The first-order valence-electron chi connectivity index (χ1n) is 14.5. The molecule has 1 heterocycles. The first-order chi connectivity index (χ1) is 19.2. The van der Waals surface area contributed by atoms with Crippen molar-refractivity contribution in [1.29, 1.82) is 0 Å². The van der Waals surface area contributed by atoms with Crippen molar-refractivity contribution in [2.75, 3.05) is 24.5 Å². The number of benzene rings is 1. The molecular weight excluding hydrogens is 541 g/mol. The minimum Gasteiger partial charge on any atom is -0.463 e. The zero-order valence-electron chi connectivity index (χ0n) is 23.6. The summed E-state index contributed by atoms with van der Waals surface area (Å²) in [5.41, 5.74) is 0.687. The lowest BCUT2D eigenvalue weighted by Gasteiger charge is -2.33. The van der Waals surface area contributed by atoms with Crippen molar-refractivity contribution >= 4 is 21.7 Å². The Labute approximate surface area is 237 Å². The number of hydrogen-bond acceptors (Lipinski definition) is 8. The molecule has 0 bridgehead atoms. The van der Waals surface area contributed by atoms with E-state index in [1.165, 1.54) is 50.0 Å². The predicted octanol–water partition coefficient (Wildman–Crippen LogP) is 4.37. The maximum Gasteiger partial charge on any atom is 0.335 e. The largest absolute Gasteiger partial charge is 0.463 e. The van der Waals surface area contributed by atoms with Gasteiger partial charge in [0, 0.05) is 6.42 Å². The lowest BCUT2D eigenvalue weighted by molar-refractivity contribution is -0.154. The fourth-order valence-corrected chi connectivity index (χ4v) is 6.92. The van der Waals surface area contributed by atoms with Crippen LogP contribution in [0.2, 0.25) is 0 Å². The number of rotatable bonds is 16. The molecule has 1 fully saturated rings. The normalized spacial score (nSPS) is 22.3. The summed E-state index contributed by atoms with van der Waals surface area (Å²) >= 11 is 0. The van der Waals surface area contributed by atoms with Gasteiger partial charge in [0.05, 0.1) is 31.1 Å². The maximum absolute atomic E-state index is 14.1. The number of aryl methyl sites for hydroxylation is 1. The van der Waals surface area contributed by atoms with E-state index < -0.39 is 58.3 Å². The number of aliphatic hydroxyl groups excluding tert-OH is 2. The van der Waals surface area contributed by atoms with Crippen LogP contribution in [0.15, 0.2) is 29.8 Å². The van der Waals surface area contributed by atoms with Gasteiger partial charge in [-0.25, -0.2) is 17.6 Å². The van der Waals surface area contributed by atoms with Gasteiger partial charge in [-0.1, -0.05) is 51.9 Å². The van der Waals surface area contributed by atoms with Crippen LogP contribution < -0.4 is 4.72 Å². The Morgan fingerprint density at radius 2 is 1.68 bits per heavy atom. The highest BCUT2D eigenvalue weighted by Crippen LogP contribution is 2.41. The Morgan fingerprint density at radius 1 is 1.05 bits per heavy atom. The highest BCUT2D eigenvalue weighted by atomic mass is 32.2. The molecule has 1 aliphatic carbocycles. The van der Waals surface area contributed by atoms with Crippen LogP contribution in [-0.4, -0.2) is 67.7 Å². The Morgan fingerprint density at radius 3 is 2.27 bits per heavy atom. The zero-order valence-corrected chi connectivity index (χ0v) is 24.4. The second-order valence-electron chi connectivity index (χ2n) is 10.5. The van der Waals surface area contributed by atoms with Crippen LogP contribution in [0, 0.1) is 5.82 Å². The van der Waals surface area contributed by atoms with Crippen LogP contribution in [0.1, 0.15) is 83.6 Å². The van der Waals surface area contributed by atoms with Gasteiger partial charge in [-0.2, -0.15) is 0 Å². The summed E-state index contributed by atoms with van der Waals surface area (Å²) in [5, 5.41) is 17.9. The summed E-state index contributed by atoms with van der Waals surface area (Å²) in [4.78, 5) is 12.9. The molecule has 0 saturated carbocycles. The Bertz CT molecular complexity index is 1100. The van der Waals surface area contributed by atoms with Gasteiger partial charge in [-0.15, -0.1) is 0 Å². The molecule has 1 unspecified atom stereocenters. The van der Waals surface area contributed by atoms with Gasteiger partial charge in [0.1, 0.15) is 23.3 Å². The molecule has 3 N–H and O–H groups in total. The molecule has 1 spiro atoms. The van der Waals surface area contributed by atoms with E-state index in [-0.39, 0.29) is 30.7 Å². The van der Waals surface area contributed by atoms with Crippen molar-refractivity contribution in [3.05, 3.63) is 41.2 Å². The van der Waals surface area contributed by atoms with Gasteiger partial charge in [-0.3, -0.25) is 4.72 Å². The van der Waals surface area contributed by atoms with Gasteiger partial charge in [-0.05, 0) is 56.0 Å². The zero-order chi connectivity index (χ0) is 29.2. The van der Waals surface area contributed by atoms with E-state index >= 15 is 0 Å². The Hall–Kier alpha value is -2.05. The van der Waals surface area contributed by atoms with Crippen molar-refractivity contribution in [2.24, 2.45) is 0 Å². The standard InChI is InChI=1S/C29H44FNO8S/c1-3-5-6-7-8-9-10-11-12-21-17-22(30)13-14-24(21)31-40(35,36)27-15-16-29(18-23(27)28(34)37-4-2)38-25(19-32)26(20-33)39-29/h13-14,17-18,25-27,31-33H,3-12,15-16,19-20H2,1-2H3/t25-,26-,27?/m1/s1. The molecule has 1 aromatic carbocycles. The summed E-state index contributed by atoms with van der Waals surface area (Å²) in [6.07, 6.45) is 9.09. The molecular formula is C29H44FNO8S. The smallest absolute Gasteiger partial charge is 0.335 e. The summed E-state index contributed by atoms with van der Waals surface area (Å²) in [7, 11) is -4.17. The Kier molecular flexibility index (Phi) is 12.4. The number of unbranched alkanes of at least 4 members (excludes halogenated alkanes) is 7. The maximum atomic E-state index is 14.1. The van der Waals surface area contributed by atoms with E-state index in [4.69, 9.17) is 14.2 Å². The van der Waals surface area contributed by atoms with Gasteiger partial charge >= 0.3 is 5.97 Å². The quantitative estimate of drug-likeness (QED) is 0.193. The average molecular weight is 586 g/mol. The molecule has 0 radical (unpaired) electrons. The summed E-state index contributed by atoms with van der Waals surface area (Å²) in [6, 6.07) is 3.96. The van der Waals surface area contributed by atoms with E-state index in [1.54, 1.807) is 6.92 Å². The Balaban J connectivity index is 1.76. The van der Waals surface area contributed by atoms with E-state index in [9.17, 15) is 27.8 Å². The van der Waals surface area contributed by atoms with Crippen LogP contribution >= 0.6 is 0 Å². The number of carbonyl (C=O) groups excluding carboxylic acids is 1. The SMILES string of the molecule is CCCCCCCCCCc1cc(F)ccc1NS(=O)(=O)C1CCC2(C=C1C(=O)OCC)O[C@H](CO)[C@@H](CO)O2. The van der Waals surface area contributed by atoms with Gasteiger partial charge in [0.2, 0.25) is 10.0 Å². The highest BCUT2D eigenvalue weighted by molar-refractivity contribution is 7.93. The third kappa shape index (κ3) is 8.48. The third-order valence-corrected chi connectivity index (χ3v) is 9.20. The number of halogens is 1. The molecule has 226 valence electrons. The van der Waals surface area contributed by atoms with Crippen LogP contribution in [0.25, 0.3) is 0 Å². The van der Waals surface area contributed by atoms with Crippen molar-refractivity contribution < 1.29 is 42.0 Å². The van der Waals surface area contributed by atoms with Crippen molar-refractivity contribution in [1.82, 2.24) is 0 Å². The summed E-state index contributed by atoms with van der Waals surface area (Å²) < 4.78 is 60.8. The molecule has 3 rings (SSSR count). The molecule has 11 heteroatoms. The van der Waals surface area contributed by atoms with Crippen LogP contribution in [0.4, 0.5) is 10.1 Å². The number of sulfonamides is 1. The van der Waals surface area contributed by atoms with Crippen molar-refractivity contribution in [3.63, 3.8) is 0 Å². The van der Waals surface area contributed by atoms with Crippen LogP contribution in [0.3, 0.4) is 0 Å². The molecule has 3 atom stereocenters. The lowest BCUT2D eigenvalue weighted by Crippen LogP contribution is -2.43. The third-order valence-electron chi connectivity index (χ3n) is 7.46. The minimum absolute atomic E-state index is 0.0321. The highest BCUT2D eigenvalue weighted by Gasteiger charge is 2.51. The molecule has 40 heavy (non-hydrogen) atoms. The monoisotopic (exact) mass is 585 g/mol. The average Bonchev–Trinajstić information content (AvgIpc) is 3.28. The van der Waals surface area contributed by atoms with Gasteiger partial charge < -0.3 is 24.4 Å². The molecule has 0 aromatic heterocycles. The number of hydrogen-bond donors (Lipinski definition) is 3. The van der Waals surface area contributed by atoms with E-state index in [0.29, 0.717) is 12.0 Å². The minimum atomic E-state index is -4.17. The fraction of sp³-hybridized carbons (Fsp3) is 0.690. The van der Waals surface area contributed by atoms with E-state index in [1.807, 2.05) is 0 Å². The number of anilines is 1. The lowest BCUT2D eigenvalue weighted by atomic mass is 9.94. The number of esters is 1. The first-order valence-corrected chi connectivity index (χ1v) is 16.0. The molecule has 9 nitrogen and oxygen atoms in total. The molecule has 1 aliphatic heterocycles. The van der Waals surface area contributed by atoms with Crippen LogP contribution in [-0.2, 0) is 35.4 Å². The molecule has 1 saturated heterocycles. The molecule has 0 amide bonds. The number of nitrogens with one attached hydrogen (secondary N) is 1. The predicted molar refractivity (Wildman–Crippen MR) is 150 cm³/mol. The summed E-state index contributed by atoms with van der Waals surface area (Å²) in [6.45, 7) is 3.00. The number of ether oxygens (including phenoxy) is 3. The number of aliphatic hydroxyl groups is 2. The molecule has 2 aliphatic rings. The fourth-order valence-electron chi connectivity index (χ4n) is 5.35. The second-order valence-corrected chi connectivity index (χ2v) is 12.4. The first kappa shape index (κ1) is 32.5. The van der Waals surface area contributed by atoms with E-state index in [0.717, 1.165) is 25.7 Å².